The molecule has 0 aromatic heterocycles. The van der Waals surface area contributed by atoms with Gasteiger partial charge in [-0.05, 0) is 17.2 Å². The summed E-state index contributed by atoms with van der Waals surface area (Å²) in [5, 5.41) is 11.2. The topological polar surface area (TPSA) is 59.0 Å². The minimum Gasteiger partial charge on any atom is -0.445 e. The molecule has 2 aromatic rings. The number of alkyl halides is 3. The van der Waals surface area contributed by atoms with E-state index in [0.717, 1.165) is 23.8 Å². The Morgan fingerprint density at radius 3 is 2.35 bits per heavy atom. The van der Waals surface area contributed by atoms with E-state index in [9.17, 15) is 27.5 Å². The van der Waals surface area contributed by atoms with Crippen LogP contribution in [0.25, 0.3) is 0 Å². The summed E-state index contributed by atoms with van der Waals surface area (Å²) in [6.45, 7) is 0.120. The molecular weight excluding hydrogens is 418 g/mol. The number of rotatable bonds is 3. The van der Waals surface area contributed by atoms with Gasteiger partial charge in [-0.1, -0.05) is 42.5 Å². The number of carbonyl (C=O) groups excluding carboxylic acids is 1. The van der Waals surface area contributed by atoms with Crippen molar-refractivity contribution in [3.8, 4) is 0 Å². The van der Waals surface area contributed by atoms with E-state index >= 15 is 0 Å². The monoisotopic (exact) mass is 439 g/mol. The number of aliphatic hydroxyl groups is 1. The van der Waals surface area contributed by atoms with Crippen molar-refractivity contribution in [2.75, 3.05) is 13.2 Å². The van der Waals surface area contributed by atoms with Gasteiger partial charge in [0.05, 0.1) is 36.5 Å². The van der Waals surface area contributed by atoms with E-state index in [-0.39, 0.29) is 32.7 Å². The molecule has 0 aliphatic carbocycles. The molecule has 2 bridgehead atoms. The van der Waals surface area contributed by atoms with Crippen LogP contribution in [0.15, 0.2) is 48.5 Å². The Hall–Kier alpha value is -2.65. The van der Waals surface area contributed by atoms with Crippen molar-refractivity contribution in [1.29, 1.82) is 0 Å². The average molecular weight is 439 g/mol. The van der Waals surface area contributed by atoms with Crippen molar-refractivity contribution in [2.24, 2.45) is 0 Å². The second kappa shape index (κ2) is 8.12. The number of carbonyl (C=O) groups is 1. The molecule has 31 heavy (non-hydrogen) atoms. The van der Waals surface area contributed by atoms with Gasteiger partial charge in [-0.2, -0.15) is 13.2 Å². The minimum atomic E-state index is -4.96. The summed E-state index contributed by atoms with van der Waals surface area (Å²) in [5.74, 6) is -1.44. The number of fused-ring (bicyclic) bond motifs is 2. The van der Waals surface area contributed by atoms with E-state index in [1.54, 1.807) is 12.1 Å². The van der Waals surface area contributed by atoms with Gasteiger partial charge in [-0.3, -0.25) is 4.90 Å². The van der Waals surface area contributed by atoms with Crippen molar-refractivity contribution in [1.82, 2.24) is 4.90 Å². The molecule has 2 aliphatic rings. The molecule has 2 atom stereocenters. The van der Waals surface area contributed by atoms with Crippen LogP contribution in [0.1, 0.15) is 29.5 Å². The lowest BCUT2D eigenvalue weighted by Crippen LogP contribution is -2.62. The first-order valence-electron chi connectivity index (χ1n) is 9.84. The molecule has 0 saturated carbocycles. The number of benzene rings is 2. The summed E-state index contributed by atoms with van der Waals surface area (Å²) in [4.78, 5) is 14.2. The van der Waals surface area contributed by atoms with Crippen molar-refractivity contribution < 1.29 is 36.9 Å². The van der Waals surface area contributed by atoms with Crippen molar-refractivity contribution in [3.05, 3.63) is 71.0 Å². The van der Waals surface area contributed by atoms with E-state index in [0.29, 0.717) is 0 Å². The van der Waals surface area contributed by atoms with E-state index in [2.05, 4.69) is 0 Å². The molecule has 0 spiro atoms. The molecule has 4 rings (SSSR count). The largest absolute Gasteiger partial charge is 0.445 e. The Morgan fingerprint density at radius 1 is 1.10 bits per heavy atom. The maximum atomic E-state index is 14.1. The maximum Gasteiger partial charge on any atom is 0.419 e. The van der Waals surface area contributed by atoms with Gasteiger partial charge in [-0.15, -0.1) is 0 Å². The smallest absolute Gasteiger partial charge is 0.419 e. The summed E-state index contributed by atoms with van der Waals surface area (Å²) in [7, 11) is 0. The second-order valence-electron chi connectivity index (χ2n) is 7.89. The maximum absolute atomic E-state index is 14.1. The number of amides is 1. The van der Waals surface area contributed by atoms with Gasteiger partial charge >= 0.3 is 12.3 Å². The predicted molar refractivity (Wildman–Crippen MR) is 101 cm³/mol. The summed E-state index contributed by atoms with van der Waals surface area (Å²) in [6, 6.07) is 10.6. The Labute approximate surface area is 176 Å². The first-order valence-corrected chi connectivity index (χ1v) is 9.84. The molecule has 0 radical (unpaired) electrons. The zero-order chi connectivity index (χ0) is 22.2. The number of piperidine rings is 1. The van der Waals surface area contributed by atoms with Crippen molar-refractivity contribution in [2.45, 2.75) is 43.3 Å². The van der Waals surface area contributed by atoms with Crippen LogP contribution in [0.4, 0.5) is 22.4 Å². The van der Waals surface area contributed by atoms with Crippen LogP contribution < -0.4 is 0 Å². The molecule has 5 nitrogen and oxygen atoms in total. The standard InChI is InChI=1S/C22H21F4NO4/c23-18-8-4-7-17(19(18)22(24,25)26)21(29)9-15-12-30-13-16(10-21)27(15)20(28)31-11-14-5-2-1-3-6-14/h1-8,15-16,29H,9-13H2. The number of nitrogens with zero attached hydrogens (tertiary/aromatic N) is 1. The van der Waals surface area contributed by atoms with Crippen LogP contribution in [0.5, 0.6) is 0 Å². The van der Waals surface area contributed by atoms with Gasteiger partial charge in [0, 0.05) is 12.8 Å². The van der Waals surface area contributed by atoms with Crippen LogP contribution in [0.2, 0.25) is 0 Å². The highest BCUT2D eigenvalue weighted by molar-refractivity contribution is 5.69. The van der Waals surface area contributed by atoms with Crippen molar-refractivity contribution >= 4 is 6.09 Å². The number of morpholine rings is 1. The normalized spacial score (nSPS) is 25.9. The van der Waals surface area contributed by atoms with Crippen LogP contribution in [0, 0.1) is 5.82 Å². The highest BCUT2D eigenvalue weighted by atomic mass is 19.4. The third kappa shape index (κ3) is 4.24. The Kier molecular flexibility index (Phi) is 5.65. The Balaban J connectivity index is 1.57. The molecule has 2 aromatic carbocycles. The summed E-state index contributed by atoms with van der Waals surface area (Å²) in [6.07, 6.45) is -6.04. The van der Waals surface area contributed by atoms with E-state index < -0.39 is 46.9 Å². The number of hydrogen-bond acceptors (Lipinski definition) is 4. The molecule has 166 valence electrons. The van der Waals surface area contributed by atoms with Crippen molar-refractivity contribution in [3.63, 3.8) is 0 Å². The fourth-order valence-corrected chi connectivity index (χ4v) is 4.49. The van der Waals surface area contributed by atoms with Crippen LogP contribution in [-0.4, -0.2) is 41.4 Å². The quantitative estimate of drug-likeness (QED) is 0.728. The second-order valence-corrected chi connectivity index (χ2v) is 7.89. The van der Waals surface area contributed by atoms with Gasteiger partial charge in [0.2, 0.25) is 0 Å². The molecular formula is C22H21F4NO4. The SMILES string of the molecule is O=C(OCc1ccccc1)N1C2COCC1CC(O)(c1cccc(F)c1C(F)(F)F)C2. The summed E-state index contributed by atoms with van der Waals surface area (Å²) >= 11 is 0. The molecule has 2 saturated heterocycles. The molecule has 1 amide bonds. The van der Waals surface area contributed by atoms with E-state index in [1.165, 1.54) is 4.90 Å². The van der Waals surface area contributed by atoms with Crippen LogP contribution in [0.3, 0.4) is 0 Å². The summed E-state index contributed by atoms with van der Waals surface area (Å²) in [5.41, 5.74) is -3.16. The molecule has 2 unspecified atom stereocenters. The van der Waals surface area contributed by atoms with Gasteiger partial charge < -0.3 is 14.6 Å². The lowest BCUT2D eigenvalue weighted by atomic mass is 9.75. The third-order valence-corrected chi connectivity index (χ3v) is 5.77. The number of halogens is 4. The van der Waals surface area contributed by atoms with Gasteiger partial charge in [0.1, 0.15) is 12.4 Å². The Morgan fingerprint density at radius 2 is 1.74 bits per heavy atom. The van der Waals surface area contributed by atoms with Gasteiger partial charge in [0.25, 0.3) is 0 Å². The lowest BCUT2D eigenvalue weighted by molar-refractivity contribution is -0.154. The first-order chi connectivity index (χ1) is 14.7. The van der Waals surface area contributed by atoms with Crippen LogP contribution >= 0.6 is 0 Å². The molecule has 1 N–H and O–H groups in total. The fraction of sp³-hybridized carbons (Fsp3) is 0.409. The first kappa shape index (κ1) is 21.6. The highest BCUT2D eigenvalue weighted by Gasteiger charge is 2.52. The van der Waals surface area contributed by atoms with E-state index in [1.807, 2.05) is 18.2 Å². The Bertz CT molecular complexity index is 936. The molecule has 9 heteroatoms. The van der Waals surface area contributed by atoms with Gasteiger partial charge in [0.15, 0.2) is 0 Å². The molecule has 2 heterocycles. The van der Waals surface area contributed by atoms with Gasteiger partial charge in [-0.25, -0.2) is 9.18 Å². The highest BCUT2D eigenvalue weighted by Crippen LogP contribution is 2.46. The fourth-order valence-electron chi connectivity index (χ4n) is 4.49. The minimum absolute atomic E-state index is 0.0376. The third-order valence-electron chi connectivity index (χ3n) is 5.77. The number of hydrogen-bond donors (Lipinski definition) is 1. The molecule has 2 aliphatic heterocycles. The predicted octanol–water partition coefficient (Wildman–Crippen LogP) is 4.23. The summed E-state index contributed by atoms with van der Waals surface area (Å²) < 4.78 is 65.5. The van der Waals surface area contributed by atoms with E-state index in [4.69, 9.17) is 9.47 Å². The zero-order valence-electron chi connectivity index (χ0n) is 16.4. The lowest BCUT2D eigenvalue weighted by Gasteiger charge is -2.51. The molecule has 2 fully saturated rings. The average Bonchev–Trinajstić information content (AvgIpc) is 2.71. The zero-order valence-corrected chi connectivity index (χ0v) is 16.4. The van der Waals surface area contributed by atoms with Crippen LogP contribution in [-0.2, 0) is 27.9 Å². The number of ether oxygens (including phenoxy) is 2.